The molecule has 0 radical (unpaired) electrons. The van der Waals surface area contributed by atoms with E-state index in [1.807, 2.05) is 11.3 Å². The summed E-state index contributed by atoms with van der Waals surface area (Å²) < 4.78 is 7.57. The molecule has 0 atom stereocenters. The Morgan fingerprint density at radius 1 is 0.943 bits per heavy atom. The van der Waals surface area contributed by atoms with Crippen molar-refractivity contribution in [2.24, 2.45) is 5.92 Å². The third-order valence-corrected chi connectivity index (χ3v) is 8.05. The van der Waals surface area contributed by atoms with Crippen molar-refractivity contribution in [3.8, 4) is 11.3 Å². The fourth-order valence-corrected chi connectivity index (χ4v) is 6.42. The van der Waals surface area contributed by atoms with Gasteiger partial charge in [-0.3, -0.25) is 0 Å². The largest absolute Gasteiger partial charge is 0.438 e. The molecule has 0 bridgehead atoms. The summed E-state index contributed by atoms with van der Waals surface area (Å²) in [5.41, 5.74) is 6.34. The Bertz CT molecular complexity index is 1750. The zero-order chi connectivity index (χ0) is 24.5. The number of rotatable bonds is 3. The summed E-state index contributed by atoms with van der Waals surface area (Å²) in [4.78, 5) is 10.7. The first kappa shape index (κ1) is 22.2. The summed E-state index contributed by atoms with van der Waals surface area (Å²) in [6.45, 7) is 13.6. The van der Waals surface area contributed by atoms with Gasteiger partial charge < -0.3 is 4.42 Å². The summed E-state index contributed by atoms with van der Waals surface area (Å²) in [7, 11) is 0. The van der Waals surface area contributed by atoms with E-state index in [0.29, 0.717) is 11.6 Å². The van der Waals surface area contributed by atoms with E-state index in [-0.39, 0.29) is 5.41 Å². The average molecular weight is 479 g/mol. The van der Waals surface area contributed by atoms with Crippen LogP contribution in [0.2, 0.25) is 0 Å². The molecule has 3 heterocycles. The van der Waals surface area contributed by atoms with E-state index in [4.69, 9.17) is 9.40 Å². The lowest BCUT2D eigenvalue weighted by atomic mass is 9.82. The van der Waals surface area contributed by atoms with Crippen LogP contribution in [0.4, 0.5) is 0 Å². The molecule has 0 aliphatic rings. The van der Waals surface area contributed by atoms with Crippen LogP contribution in [-0.2, 0) is 11.8 Å². The van der Waals surface area contributed by atoms with Gasteiger partial charge in [-0.1, -0.05) is 58.9 Å². The lowest BCUT2D eigenvalue weighted by molar-refractivity contribution is 0.596. The Morgan fingerprint density at radius 2 is 1.74 bits per heavy atom. The fraction of sp³-hybridized carbons (Fsp3) is 0.290. The minimum Gasteiger partial charge on any atom is -0.438 e. The van der Waals surface area contributed by atoms with Crippen LogP contribution in [0, 0.1) is 12.8 Å². The number of hydrogen-bond donors (Lipinski definition) is 0. The number of aryl methyl sites for hydroxylation is 1. The van der Waals surface area contributed by atoms with Gasteiger partial charge in [0.15, 0.2) is 0 Å². The van der Waals surface area contributed by atoms with Crippen LogP contribution in [0.15, 0.2) is 59.3 Å². The third-order valence-electron chi connectivity index (χ3n) is 6.94. The number of hydrogen-bond acceptors (Lipinski definition) is 4. The second-order valence-electron chi connectivity index (χ2n) is 11.1. The molecule has 0 unspecified atom stereocenters. The molecule has 0 fully saturated rings. The van der Waals surface area contributed by atoms with Crippen LogP contribution in [0.3, 0.4) is 0 Å². The maximum absolute atomic E-state index is 6.29. The number of benzene rings is 3. The van der Waals surface area contributed by atoms with Crippen molar-refractivity contribution in [2.45, 2.75) is 53.4 Å². The molecule has 0 saturated heterocycles. The zero-order valence-electron chi connectivity index (χ0n) is 21.2. The van der Waals surface area contributed by atoms with Crippen molar-refractivity contribution >= 4 is 54.3 Å². The zero-order valence-corrected chi connectivity index (χ0v) is 22.0. The van der Waals surface area contributed by atoms with Crippen LogP contribution in [0.1, 0.15) is 50.6 Å². The van der Waals surface area contributed by atoms with E-state index in [0.717, 1.165) is 34.0 Å². The number of furan rings is 1. The SMILES string of the molecule is Cc1sc2cc3oc4ncnc(-c5cc(C(C)(C)C)c6ccccc6c5)c4c3cc2c1CC(C)C. The minimum atomic E-state index is 0.00629. The molecule has 3 aromatic carbocycles. The van der Waals surface area contributed by atoms with Gasteiger partial charge in [0.05, 0.1) is 11.1 Å². The van der Waals surface area contributed by atoms with E-state index in [1.54, 1.807) is 6.33 Å². The van der Waals surface area contributed by atoms with E-state index < -0.39 is 0 Å². The van der Waals surface area contributed by atoms with Crippen molar-refractivity contribution in [2.75, 3.05) is 0 Å². The lowest BCUT2D eigenvalue weighted by Gasteiger charge is -2.22. The van der Waals surface area contributed by atoms with Gasteiger partial charge in [0.25, 0.3) is 0 Å². The molecule has 35 heavy (non-hydrogen) atoms. The van der Waals surface area contributed by atoms with Crippen molar-refractivity contribution < 1.29 is 4.42 Å². The van der Waals surface area contributed by atoms with Gasteiger partial charge in [-0.2, -0.15) is 0 Å². The minimum absolute atomic E-state index is 0.00629. The number of nitrogens with zero attached hydrogens (tertiary/aromatic N) is 2. The highest BCUT2D eigenvalue weighted by atomic mass is 32.1. The molecule has 0 saturated carbocycles. The lowest BCUT2D eigenvalue weighted by Crippen LogP contribution is -2.12. The Morgan fingerprint density at radius 3 is 2.51 bits per heavy atom. The molecular formula is C31H30N2OS. The molecule has 0 aliphatic heterocycles. The van der Waals surface area contributed by atoms with E-state index in [1.165, 1.54) is 36.9 Å². The van der Waals surface area contributed by atoms with Gasteiger partial charge in [-0.25, -0.2) is 9.97 Å². The topological polar surface area (TPSA) is 38.9 Å². The Hall–Kier alpha value is -3.24. The monoisotopic (exact) mass is 478 g/mol. The molecule has 3 aromatic heterocycles. The maximum atomic E-state index is 6.29. The predicted octanol–water partition coefficient (Wildman–Crippen LogP) is 9.22. The number of fused-ring (bicyclic) bond motifs is 5. The number of thiophene rings is 1. The Kier molecular flexibility index (Phi) is 5.01. The summed E-state index contributed by atoms with van der Waals surface area (Å²) in [5.74, 6) is 0.607. The first-order chi connectivity index (χ1) is 16.7. The summed E-state index contributed by atoms with van der Waals surface area (Å²) in [6, 6.07) is 17.7. The third kappa shape index (κ3) is 3.63. The molecule has 0 amide bonds. The predicted molar refractivity (Wildman–Crippen MR) is 150 cm³/mol. The maximum Gasteiger partial charge on any atom is 0.230 e. The van der Waals surface area contributed by atoms with Gasteiger partial charge in [0.2, 0.25) is 5.71 Å². The summed E-state index contributed by atoms with van der Waals surface area (Å²) in [5, 5.41) is 5.94. The molecular weight excluding hydrogens is 448 g/mol. The molecule has 3 nitrogen and oxygen atoms in total. The highest BCUT2D eigenvalue weighted by molar-refractivity contribution is 7.19. The quantitative estimate of drug-likeness (QED) is 0.254. The fourth-order valence-electron chi connectivity index (χ4n) is 5.32. The number of aromatic nitrogens is 2. The first-order valence-electron chi connectivity index (χ1n) is 12.3. The molecule has 176 valence electrons. The average Bonchev–Trinajstić information content (AvgIpc) is 3.32. The van der Waals surface area contributed by atoms with Crippen LogP contribution in [0.25, 0.3) is 54.2 Å². The van der Waals surface area contributed by atoms with Crippen LogP contribution in [-0.4, -0.2) is 9.97 Å². The van der Waals surface area contributed by atoms with E-state index >= 15 is 0 Å². The second kappa shape index (κ2) is 7.89. The van der Waals surface area contributed by atoms with Crippen LogP contribution in [0.5, 0.6) is 0 Å². The summed E-state index contributed by atoms with van der Waals surface area (Å²) in [6.07, 6.45) is 2.71. The van der Waals surface area contributed by atoms with Crippen molar-refractivity contribution in [3.63, 3.8) is 0 Å². The standard InChI is InChI=1S/C31H30N2OS/c1-17(2)11-22-18(3)35-27-15-26-24(14-23(22)27)28-29(32-16-33-30(28)34-26)20-12-19-9-7-8-10-21(19)25(13-20)31(4,5)6/h7-10,12-17H,11H2,1-6H3. The first-order valence-corrected chi connectivity index (χ1v) is 13.1. The molecule has 0 aliphatic carbocycles. The van der Waals surface area contributed by atoms with Gasteiger partial charge in [0, 0.05) is 20.5 Å². The van der Waals surface area contributed by atoms with E-state index in [2.05, 4.69) is 95.1 Å². The van der Waals surface area contributed by atoms with Gasteiger partial charge >= 0.3 is 0 Å². The molecule has 4 heteroatoms. The highest BCUT2D eigenvalue weighted by Gasteiger charge is 2.22. The van der Waals surface area contributed by atoms with Crippen LogP contribution >= 0.6 is 11.3 Å². The van der Waals surface area contributed by atoms with Crippen LogP contribution < -0.4 is 0 Å². The smallest absolute Gasteiger partial charge is 0.230 e. The Labute approximate surface area is 209 Å². The van der Waals surface area contributed by atoms with Crippen molar-refractivity contribution in [3.05, 3.63) is 70.9 Å². The van der Waals surface area contributed by atoms with Gasteiger partial charge in [-0.05, 0) is 76.2 Å². The summed E-state index contributed by atoms with van der Waals surface area (Å²) >= 11 is 1.86. The van der Waals surface area contributed by atoms with Crippen molar-refractivity contribution in [1.82, 2.24) is 9.97 Å². The molecule has 6 rings (SSSR count). The second-order valence-corrected chi connectivity index (χ2v) is 12.3. The van der Waals surface area contributed by atoms with Crippen molar-refractivity contribution in [1.29, 1.82) is 0 Å². The molecule has 6 aromatic rings. The van der Waals surface area contributed by atoms with Gasteiger partial charge in [-0.15, -0.1) is 11.3 Å². The van der Waals surface area contributed by atoms with Gasteiger partial charge in [0.1, 0.15) is 11.9 Å². The molecule has 0 N–H and O–H groups in total. The van der Waals surface area contributed by atoms with E-state index in [9.17, 15) is 0 Å². The normalized spacial score (nSPS) is 12.7. The molecule has 0 spiro atoms. The highest BCUT2D eigenvalue weighted by Crippen LogP contribution is 2.42. The Balaban J connectivity index is 1.67.